The number of rotatable bonds is 3. The number of nitrogens with two attached hydrogens (primary N) is 1. The number of benzene rings is 1. The second kappa shape index (κ2) is 8.54. The Bertz CT molecular complexity index is 1070. The summed E-state index contributed by atoms with van der Waals surface area (Å²) in [5, 5.41) is 11.1. The van der Waals surface area contributed by atoms with Crippen LogP contribution < -0.4 is 10.5 Å². The molecule has 3 heterocycles. The van der Waals surface area contributed by atoms with Crippen molar-refractivity contribution >= 4 is 34.5 Å². The number of aldehydes is 1. The maximum absolute atomic E-state index is 11.7. The van der Waals surface area contributed by atoms with E-state index < -0.39 is 12.1 Å². The van der Waals surface area contributed by atoms with Gasteiger partial charge >= 0.3 is 5.97 Å². The van der Waals surface area contributed by atoms with Crippen molar-refractivity contribution < 1.29 is 24.2 Å². The van der Waals surface area contributed by atoms with Gasteiger partial charge in [-0.15, -0.1) is 0 Å². The van der Waals surface area contributed by atoms with Crippen molar-refractivity contribution in [2.24, 2.45) is 0 Å². The van der Waals surface area contributed by atoms with E-state index in [1.54, 1.807) is 19.3 Å². The smallest absolute Gasteiger partial charge is 0.340 e. The van der Waals surface area contributed by atoms with Crippen LogP contribution in [0.25, 0.3) is 16.6 Å². The fourth-order valence-corrected chi connectivity index (χ4v) is 3.52. The number of hydrogen-bond donors (Lipinski definition) is 2. The molecule has 8 nitrogen and oxygen atoms in total. The maximum atomic E-state index is 11.7. The molecule has 0 fully saturated rings. The number of cyclic esters (lactones) is 1. The first kappa shape index (κ1) is 21.3. The van der Waals surface area contributed by atoms with Crippen LogP contribution >= 0.6 is 0 Å². The first-order valence-electron chi connectivity index (χ1n) is 9.66. The van der Waals surface area contributed by atoms with E-state index in [4.69, 9.17) is 20.2 Å². The molecule has 0 amide bonds. The Morgan fingerprint density at radius 2 is 2.07 bits per heavy atom. The minimum atomic E-state index is -1.50. The number of aliphatic hydroxyl groups excluding tert-OH is 1. The molecule has 8 heteroatoms. The first-order valence-corrected chi connectivity index (χ1v) is 9.66. The lowest BCUT2D eigenvalue weighted by molar-refractivity contribution is -0.151. The molecule has 1 aromatic heterocycles. The lowest BCUT2D eigenvalue weighted by Gasteiger charge is -2.21. The number of hydrogen-bond acceptors (Lipinski definition) is 8. The fourth-order valence-electron chi connectivity index (χ4n) is 3.52. The second-order valence-corrected chi connectivity index (χ2v) is 6.78. The zero-order valence-corrected chi connectivity index (χ0v) is 17.4. The molecule has 1 aromatic carbocycles. The minimum Gasteiger partial charge on any atom is -0.495 e. The Morgan fingerprint density at radius 3 is 2.73 bits per heavy atom. The summed E-state index contributed by atoms with van der Waals surface area (Å²) in [6, 6.07) is 5.59. The number of carbonyl (C=O) groups is 2. The summed E-state index contributed by atoms with van der Waals surface area (Å²) in [6.07, 6.45) is 0.729. The van der Waals surface area contributed by atoms with Gasteiger partial charge in [0.25, 0.3) is 0 Å². The average molecular weight is 411 g/mol. The fraction of sp³-hybridized carbons (Fsp3) is 0.318. The molecule has 1 unspecified atom stereocenters. The summed E-state index contributed by atoms with van der Waals surface area (Å²) in [5.41, 5.74) is 10.1. The van der Waals surface area contributed by atoms with Crippen LogP contribution in [0, 0.1) is 0 Å². The van der Waals surface area contributed by atoms with Crippen molar-refractivity contribution in [3.63, 3.8) is 0 Å². The van der Waals surface area contributed by atoms with E-state index in [1.165, 1.54) is 0 Å². The summed E-state index contributed by atoms with van der Waals surface area (Å²) in [7, 11) is 3.42. The van der Waals surface area contributed by atoms with E-state index in [2.05, 4.69) is 0 Å². The van der Waals surface area contributed by atoms with Crippen LogP contribution in [0.15, 0.2) is 35.4 Å². The van der Waals surface area contributed by atoms with Crippen molar-refractivity contribution in [3.05, 3.63) is 46.7 Å². The highest BCUT2D eigenvalue weighted by molar-refractivity contribution is 5.91. The molecule has 2 aromatic rings. The normalized spacial score (nSPS) is 19.4. The number of methoxy groups -OCH3 is 1. The van der Waals surface area contributed by atoms with Crippen LogP contribution in [-0.2, 0) is 20.9 Å². The van der Waals surface area contributed by atoms with E-state index in [0.29, 0.717) is 41.2 Å². The zero-order chi connectivity index (χ0) is 22.0. The van der Waals surface area contributed by atoms with Crippen LogP contribution in [0.3, 0.4) is 0 Å². The Balaban J connectivity index is 0.00000124. The van der Waals surface area contributed by atoms with Gasteiger partial charge in [-0.2, -0.15) is 0 Å². The summed E-state index contributed by atoms with van der Waals surface area (Å²) in [4.78, 5) is 29.8. The molecule has 0 saturated heterocycles. The maximum Gasteiger partial charge on any atom is 0.340 e. The number of anilines is 1. The number of pyridine rings is 1. The molecule has 0 saturated carbocycles. The van der Waals surface area contributed by atoms with E-state index in [1.807, 2.05) is 37.9 Å². The number of nitrogen functional groups attached to an aromatic ring is 1. The van der Waals surface area contributed by atoms with Gasteiger partial charge in [-0.25, -0.2) is 9.78 Å². The Labute approximate surface area is 174 Å². The molecular formula is C22H25N3O5. The zero-order valence-electron chi connectivity index (χ0n) is 17.4. The number of fused-ring (bicyclic) bond motifs is 2. The Morgan fingerprint density at radius 1 is 1.33 bits per heavy atom. The van der Waals surface area contributed by atoms with Gasteiger partial charge in [0.05, 0.1) is 29.7 Å². The molecule has 0 bridgehead atoms. The molecule has 1 atom stereocenters. The number of carbonyl (C=O) groups excluding carboxylic acids is 2. The van der Waals surface area contributed by atoms with Gasteiger partial charge in [0, 0.05) is 36.2 Å². The van der Waals surface area contributed by atoms with E-state index >= 15 is 0 Å². The topological polar surface area (TPSA) is 115 Å². The van der Waals surface area contributed by atoms with Crippen molar-refractivity contribution in [2.45, 2.75) is 26.5 Å². The number of aliphatic hydroxyl groups is 1. The number of nitrogens with zero attached hydrogens (tertiary/aromatic N) is 2. The third kappa shape index (κ3) is 3.61. The molecule has 3 N–H and O–H groups in total. The van der Waals surface area contributed by atoms with Crippen molar-refractivity contribution in [1.82, 2.24) is 9.88 Å². The molecule has 0 spiro atoms. The van der Waals surface area contributed by atoms with Crippen molar-refractivity contribution in [3.8, 4) is 5.75 Å². The summed E-state index contributed by atoms with van der Waals surface area (Å²) < 4.78 is 10.1. The van der Waals surface area contributed by atoms with Gasteiger partial charge in [-0.1, -0.05) is 13.8 Å². The highest BCUT2D eigenvalue weighted by Crippen LogP contribution is 2.36. The van der Waals surface area contributed by atoms with E-state index in [-0.39, 0.29) is 17.8 Å². The minimum absolute atomic E-state index is 0.156. The van der Waals surface area contributed by atoms with Gasteiger partial charge < -0.3 is 25.2 Å². The van der Waals surface area contributed by atoms with Gasteiger partial charge in [0.15, 0.2) is 6.10 Å². The number of ether oxygens (including phenoxy) is 2. The van der Waals surface area contributed by atoms with Crippen LogP contribution in [0.4, 0.5) is 5.69 Å². The predicted octanol–water partition coefficient (Wildman–Crippen LogP) is 2.05. The first-order chi connectivity index (χ1) is 14.4. The number of aromatic nitrogens is 1. The molecular weight excluding hydrogens is 386 g/mol. The largest absolute Gasteiger partial charge is 0.495 e. The molecule has 30 heavy (non-hydrogen) atoms. The van der Waals surface area contributed by atoms with E-state index in [9.17, 15) is 14.7 Å². The van der Waals surface area contributed by atoms with Gasteiger partial charge in [-0.3, -0.25) is 4.79 Å². The predicted molar refractivity (Wildman–Crippen MR) is 114 cm³/mol. The Hall–Kier alpha value is -3.39. The SMILES string of the molecule is CC.COc1cc2nc3c(cc2cc1N)CN(C)/C3=C\C1=C(C=O)COC(=O)C1O. The van der Waals surface area contributed by atoms with Crippen LogP contribution in [0.5, 0.6) is 5.75 Å². The quantitative estimate of drug-likeness (QED) is 0.448. The average Bonchev–Trinajstić information content (AvgIpc) is 3.05. The molecule has 158 valence electrons. The summed E-state index contributed by atoms with van der Waals surface area (Å²) in [6.45, 7) is 4.44. The van der Waals surface area contributed by atoms with E-state index in [0.717, 1.165) is 10.9 Å². The van der Waals surface area contributed by atoms with Crippen LogP contribution in [0.1, 0.15) is 25.1 Å². The molecule has 0 radical (unpaired) electrons. The van der Waals surface area contributed by atoms with Crippen LogP contribution in [0.2, 0.25) is 0 Å². The standard InChI is InChI=1S/C20H19N3O5.C2H6/c1-23-7-11-3-10-4-14(21)17(27-2)6-15(10)22-18(11)16(23)5-13-12(8-24)9-28-20(26)19(13)25;1-2/h3-6,8,19,25H,7,9,21H2,1-2H3;1-2H3/b16-5-;. The highest BCUT2D eigenvalue weighted by Gasteiger charge is 2.31. The molecule has 2 aliphatic heterocycles. The van der Waals surface area contributed by atoms with Gasteiger partial charge in [-0.05, 0) is 23.8 Å². The lowest BCUT2D eigenvalue weighted by atomic mass is 9.99. The highest BCUT2D eigenvalue weighted by atomic mass is 16.5. The molecule has 0 aliphatic carbocycles. The third-order valence-electron chi connectivity index (χ3n) is 5.00. The van der Waals surface area contributed by atoms with Crippen molar-refractivity contribution in [2.75, 3.05) is 26.5 Å². The molecule has 4 rings (SSSR count). The van der Waals surface area contributed by atoms with Crippen molar-refractivity contribution in [1.29, 1.82) is 0 Å². The van der Waals surface area contributed by atoms with Gasteiger partial charge in [0.2, 0.25) is 0 Å². The summed E-state index contributed by atoms with van der Waals surface area (Å²) in [5.74, 6) is -0.238. The number of esters is 1. The summed E-state index contributed by atoms with van der Waals surface area (Å²) >= 11 is 0. The Kier molecular flexibility index (Phi) is 6.07. The second-order valence-electron chi connectivity index (χ2n) is 6.78. The lowest BCUT2D eigenvalue weighted by Crippen LogP contribution is -2.32. The molecule has 2 aliphatic rings. The third-order valence-corrected chi connectivity index (χ3v) is 5.00. The monoisotopic (exact) mass is 411 g/mol. The van der Waals surface area contributed by atoms with Crippen LogP contribution in [-0.4, -0.2) is 54.1 Å². The van der Waals surface area contributed by atoms with Gasteiger partial charge in [0.1, 0.15) is 18.6 Å².